The molecule has 3 aromatic rings. The van der Waals surface area contributed by atoms with Crippen LogP contribution in [0.2, 0.25) is 0 Å². The second-order valence-electron chi connectivity index (χ2n) is 4.65. The Bertz CT molecular complexity index is 795. The van der Waals surface area contributed by atoms with E-state index in [4.69, 9.17) is 0 Å². The summed E-state index contributed by atoms with van der Waals surface area (Å²) < 4.78 is 0. The molecule has 1 heterocycles. The third kappa shape index (κ3) is 2.01. The Kier molecular flexibility index (Phi) is 2.91. The maximum atomic E-state index is 11.1. The summed E-state index contributed by atoms with van der Waals surface area (Å²) in [6.07, 6.45) is 1.66. The second kappa shape index (κ2) is 4.74. The van der Waals surface area contributed by atoms with E-state index in [0.29, 0.717) is 10.9 Å². The van der Waals surface area contributed by atoms with Gasteiger partial charge in [-0.25, -0.2) is 0 Å². The average Bonchev–Trinajstić information content (AvgIpc) is 2.47. The molecule has 0 fully saturated rings. The smallest absolute Gasteiger partial charge is 0.258 e. The van der Waals surface area contributed by atoms with E-state index in [2.05, 4.69) is 4.98 Å². The van der Waals surface area contributed by atoms with Crippen molar-refractivity contribution < 1.29 is 4.92 Å². The number of hydrogen-bond donors (Lipinski definition) is 0. The molecule has 98 valence electrons. The van der Waals surface area contributed by atoms with Gasteiger partial charge in [-0.05, 0) is 30.7 Å². The van der Waals surface area contributed by atoms with Gasteiger partial charge in [0.05, 0.1) is 15.8 Å². The molecule has 4 heteroatoms. The maximum absolute atomic E-state index is 11.1. The highest BCUT2D eigenvalue weighted by Gasteiger charge is 2.15. The Morgan fingerprint density at radius 3 is 2.50 bits per heavy atom. The zero-order valence-electron chi connectivity index (χ0n) is 10.9. The molecule has 2 aromatic carbocycles. The molecule has 20 heavy (non-hydrogen) atoms. The molecule has 0 radical (unpaired) electrons. The van der Waals surface area contributed by atoms with Gasteiger partial charge in [0.1, 0.15) is 0 Å². The van der Waals surface area contributed by atoms with Gasteiger partial charge in [-0.15, -0.1) is 0 Å². The highest BCUT2D eigenvalue weighted by Crippen LogP contribution is 2.32. The van der Waals surface area contributed by atoms with E-state index < -0.39 is 0 Å². The third-order valence-corrected chi connectivity index (χ3v) is 3.31. The van der Waals surface area contributed by atoms with Crippen molar-refractivity contribution in [2.45, 2.75) is 6.92 Å². The van der Waals surface area contributed by atoms with E-state index >= 15 is 0 Å². The third-order valence-electron chi connectivity index (χ3n) is 3.31. The molecule has 0 N–H and O–H groups in total. The van der Waals surface area contributed by atoms with Crippen LogP contribution in [0.3, 0.4) is 0 Å². The SMILES string of the molecule is Cc1ccc(-c2ccc([N+](=O)[O-])c3cccnc23)cc1. The Morgan fingerprint density at radius 1 is 1.05 bits per heavy atom. The molecule has 0 amide bonds. The number of benzene rings is 2. The average molecular weight is 264 g/mol. The fourth-order valence-corrected chi connectivity index (χ4v) is 2.28. The van der Waals surface area contributed by atoms with Crippen LogP contribution in [0.25, 0.3) is 22.0 Å². The molecular formula is C16H12N2O2. The number of aromatic nitrogens is 1. The van der Waals surface area contributed by atoms with Gasteiger partial charge in [-0.2, -0.15) is 0 Å². The topological polar surface area (TPSA) is 56.0 Å². The lowest BCUT2D eigenvalue weighted by molar-refractivity contribution is -0.383. The minimum Gasteiger partial charge on any atom is -0.258 e. The van der Waals surface area contributed by atoms with Crippen molar-refractivity contribution in [3.05, 3.63) is 70.4 Å². The lowest BCUT2D eigenvalue weighted by Crippen LogP contribution is -1.92. The Hall–Kier alpha value is -2.75. The Balaban J connectivity index is 2.30. The van der Waals surface area contributed by atoms with Crippen LogP contribution in [0.4, 0.5) is 5.69 Å². The molecule has 0 aliphatic carbocycles. The van der Waals surface area contributed by atoms with Crippen LogP contribution in [-0.4, -0.2) is 9.91 Å². The number of nitro groups is 1. The van der Waals surface area contributed by atoms with Crippen molar-refractivity contribution in [1.82, 2.24) is 4.98 Å². The largest absolute Gasteiger partial charge is 0.278 e. The first kappa shape index (κ1) is 12.3. The first-order valence-electron chi connectivity index (χ1n) is 6.26. The summed E-state index contributed by atoms with van der Waals surface area (Å²) in [5.74, 6) is 0. The molecule has 0 aliphatic rings. The molecule has 1 aromatic heterocycles. The van der Waals surface area contributed by atoms with E-state index in [-0.39, 0.29) is 10.6 Å². The van der Waals surface area contributed by atoms with Crippen molar-refractivity contribution in [3.8, 4) is 11.1 Å². The number of nitro benzene ring substituents is 1. The van der Waals surface area contributed by atoms with E-state index in [9.17, 15) is 10.1 Å². The van der Waals surface area contributed by atoms with Crippen LogP contribution in [0.1, 0.15) is 5.56 Å². The van der Waals surface area contributed by atoms with Crippen LogP contribution < -0.4 is 0 Å². The highest BCUT2D eigenvalue weighted by atomic mass is 16.6. The second-order valence-corrected chi connectivity index (χ2v) is 4.65. The van der Waals surface area contributed by atoms with Gasteiger partial charge in [0.2, 0.25) is 0 Å². The monoisotopic (exact) mass is 264 g/mol. The maximum Gasteiger partial charge on any atom is 0.278 e. The molecule has 0 unspecified atom stereocenters. The van der Waals surface area contributed by atoms with Gasteiger partial charge in [0, 0.05) is 17.8 Å². The minimum absolute atomic E-state index is 0.0870. The van der Waals surface area contributed by atoms with Crippen LogP contribution in [0, 0.1) is 17.0 Å². The normalized spacial score (nSPS) is 10.7. The molecule has 3 rings (SSSR count). The molecule has 0 saturated carbocycles. The first-order chi connectivity index (χ1) is 9.66. The number of fused-ring (bicyclic) bond motifs is 1. The van der Waals surface area contributed by atoms with Gasteiger partial charge in [-0.3, -0.25) is 15.1 Å². The number of hydrogen-bond acceptors (Lipinski definition) is 3. The van der Waals surface area contributed by atoms with Crippen LogP contribution >= 0.6 is 0 Å². The van der Waals surface area contributed by atoms with Crippen LogP contribution in [-0.2, 0) is 0 Å². The van der Waals surface area contributed by atoms with Gasteiger partial charge < -0.3 is 0 Å². The predicted molar refractivity (Wildman–Crippen MR) is 78.6 cm³/mol. The number of pyridine rings is 1. The molecule has 0 aliphatic heterocycles. The fourth-order valence-electron chi connectivity index (χ4n) is 2.28. The van der Waals surface area contributed by atoms with Crippen molar-refractivity contribution in [2.24, 2.45) is 0 Å². The summed E-state index contributed by atoms with van der Waals surface area (Å²) in [5, 5.41) is 11.7. The lowest BCUT2D eigenvalue weighted by atomic mass is 10.00. The fraction of sp³-hybridized carbons (Fsp3) is 0.0625. The van der Waals surface area contributed by atoms with Crippen LogP contribution in [0.15, 0.2) is 54.7 Å². The van der Waals surface area contributed by atoms with E-state index in [0.717, 1.165) is 11.1 Å². The van der Waals surface area contributed by atoms with Crippen molar-refractivity contribution >= 4 is 16.6 Å². The summed E-state index contributed by atoms with van der Waals surface area (Å²) in [6.45, 7) is 2.02. The molecule has 0 bridgehead atoms. The number of aryl methyl sites for hydroxylation is 1. The van der Waals surface area contributed by atoms with Crippen molar-refractivity contribution in [1.29, 1.82) is 0 Å². The van der Waals surface area contributed by atoms with Gasteiger partial charge >= 0.3 is 0 Å². The van der Waals surface area contributed by atoms with Crippen LogP contribution in [0.5, 0.6) is 0 Å². The highest BCUT2D eigenvalue weighted by molar-refractivity contribution is 5.98. The van der Waals surface area contributed by atoms with Gasteiger partial charge in [0.25, 0.3) is 5.69 Å². The first-order valence-corrected chi connectivity index (χ1v) is 6.26. The molecule has 4 nitrogen and oxygen atoms in total. The van der Waals surface area contributed by atoms with Crippen molar-refractivity contribution in [2.75, 3.05) is 0 Å². The molecule has 0 saturated heterocycles. The predicted octanol–water partition coefficient (Wildman–Crippen LogP) is 4.12. The minimum atomic E-state index is -0.372. The summed E-state index contributed by atoms with van der Waals surface area (Å²) >= 11 is 0. The summed E-state index contributed by atoms with van der Waals surface area (Å²) in [7, 11) is 0. The molecular weight excluding hydrogens is 252 g/mol. The van der Waals surface area contributed by atoms with Gasteiger partial charge in [0.15, 0.2) is 0 Å². The van der Waals surface area contributed by atoms with E-state index in [1.165, 1.54) is 5.56 Å². The Labute approximate surface area is 115 Å². The van der Waals surface area contributed by atoms with E-state index in [1.807, 2.05) is 31.2 Å². The standard InChI is InChI=1S/C16H12N2O2/c1-11-4-6-12(7-5-11)13-8-9-15(18(19)20)14-3-2-10-17-16(13)14/h2-10H,1H3. The lowest BCUT2D eigenvalue weighted by Gasteiger charge is -2.07. The molecule has 0 atom stereocenters. The molecule has 0 spiro atoms. The quantitative estimate of drug-likeness (QED) is 0.516. The zero-order valence-corrected chi connectivity index (χ0v) is 10.9. The number of rotatable bonds is 2. The van der Waals surface area contributed by atoms with E-state index in [1.54, 1.807) is 30.5 Å². The summed E-state index contributed by atoms with van der Waals surface area (Å²) in [4.78, 5) is 15.0. The summed E-state index contributed by atoms with van der Waals surface area (Å²) in [5.41, 5.74) is 3.84. The number of non-ortho nitro benzene ring substituents is 1. The Morgan fingerprint density at radius 2 is 1.80 bits per heavy atom. The van der Waals surface area contributed by atoms with Crippen molar-refractivity contribution in [3.63, 3.8) is 0 Å². The summed E-state index contributed by atoms with van der Waals surface area (Å²) in [6, 6.07) is 14.8. The van der Waals surface area contributed by atoms with Gasteiger partial charge in [-0.1, -0.05) is 29.8 Å². The zero-order chi connectivity index (χ0) is 14.1. The number of nitrogens with zero attached hydrogens (tertiary/aromatic N) is 2.